The standard InChI is InChI=1S/C25H31N3O3/c1-2-6-24(29)27-20-10-11-23(28-13-12-18-7-3-4-8-19(18)17-28)22(15-20)25(30)26-16-21-9-5-14-31-21/h3-4,7-8,10-11,15,21H,2,5-6,9,12-14,16-17H2,1H3,(H,26,30)(H,27,29). The zero-order chi connectivity index (χ0) is 21.6. The molecule has 2 N–H and O–H groups in total. The van der Waals surface area contributed by atoms with Crippen molar-refractivity contribution in [3.05, 3.63) is 59.2 Å². The smallest absolute Gasteiger partial charge is 0.253 e. The van der Waals surface area contributed by atoms with Crippen molar-refractivity contribution < 1.29 is 14.3 Å². The third-order valence-corrected chi connectivity index (χ3v) is 5.99. The van der Waals surface area contributed by atoms with Crippen LogP contribution in [0, 0.1) is 0 Å². The van der Waals surface area contributed by atoms with E-state index in [2.05, 4.69) is 39.8 Å². The Morgan fingerprint density at radius 1 is 1.16 bits per heavy atom. The summed E-state index contributed by atoms with van der Waals surface area (Å²) < 4.78 is 5.65. The van der Waals surface area contributed by atoms with E-state index in [-0.39, 0.29) is 17.9 Å². The minimum absolute atomic E-state index is 0.0344. The molecule has 6 nitrogen and oxygen atoms in total. The fraction of sp³-hybridized carbons (Fsp3) is 0.440. The molecule has 31 heavy (non-hydrogen) atoms. The average Bonchev–Trinajstić information content (AvgIpc) is 3.31. The van der Waals surface area contributed by atoms with E-state index < -0.39 is 0 Å². The van der Waals surface area contributed by atoms with E-state index in [0.717, 1.165) is 51.1 Å². The van der Waals surface area contributed by atoms with Crippen LogP contribution in [-0.4, -0.2) is 37.6 Å². The third kappa shape index (κ3) is 5.25. The van der Waals surface area contributed by atoms with Crippen molar-refractivity contribution in [3.8, 4) is 0 Å². The first kappa shape index (κ1) is 21.4. The fourth-order valence-electron chi connectivity index (χ4n) is 4.33. The Balaban J connectivity index is 1.57. The highest BCUT2D eigenvalue weighted by molar-refractivity contribution is 6.02. The molecule has 0 saturated carbocycles. The molecule has 1 saturated heterocycles. The first-order valence-electron chi connectivity index (χ1n) is 11.3. The van der Waals surface area contributed by atoms with Gasteiger partial charge in [0.05, 0.1) is 11.7 Å². The molecule has 2 heterocycles. The van der Waals surface area contributed by atoms with Crippen molar-refractivity contribution >= 4 is 23.2 Å². The maximum Gasteiger partial charge on any atom is 0.253 e. The second-order valence-electron chi connectivity index (χ2n) is 8.32. The number of amides is 2. The number of benzene rings is 2. The van der Waals surface area contributed by atoms with Crippen LogP contribution in [0.25, 0.3) is 0 Å². The SMILES string of the molecule is CCCC(=O)Nc1ccc(N2CCc3ccccc3C2)c(C(=O)NCC2CCCO2)c1. The van der Waals surface area contributed by atoms with E-state index in [1.807, 2.05) is 19.1 Å². The van der Waals surface area contributed by atoms with E-state index in [1.165, 1.54) is 11.1 Å². The Kier molecular flexibility index (Phi) is 6.87. The molecule has 2 aromatic carbocycles. The van der Waals surface area contributed by atoms with Crippen LogP contribution in [0.1, 0.15) is 54.1 Å². The molecular formula is C25H31N3O3. The van der Waals surface area contributed by atoms with Crippen molar-refractivity contribution in [3.63, 3.8) is 0 Å². The average molecular weight is 422 g/mol. The van der Waals surface area contributed by atoms with Crippen LogP contribution in [0.3, 0.4) is 0 Å². The molecule has 1 atom stereocenters. The number of rotatable bonds is 7. The van der Waals surface area contributed by atoms with E-state index in [0.29, 0.717) is 24.2 Å². The second kappa shape index (κ2) is 9.96. The van der Waals surface area contributed by atoms with Gasteiger partial charge in [0.2, 0.25) is 5.91 Å². The molecule has 2 amide bonds. The van der Waals surface area contributed by atoms with Gasteiger partial charge in [0, 0.05) is 44.0 Å². The maximum atomic E-state index is 13.2. The van der Waals surface area contributed by atoms with Gasteiger partial charge in [0.1, 0.15) is 0 Å². The lowest BCUT2D eigenvalue weighted by Gasteiger charge is -2.32. The van der Waals surface area contributed by atoms with Gasteiger partial charge in [0.15, 0.2) is 0 Å². The predicted molar refractivity (Wildman–Crippen MR) is 122 cm³/mol. The minimum Gasteiger partial charge on any atom is -0.376 e. The van der Waals surface area contributed by atoms with Crippen LogP contribution < -0.4 is 15.5 Å². The number of hydrogen-bond acceptors (Lipinski definition) is 4. The van der Waals surface area contributed by atoms with E-state index in [4.69, 9.17) is 4.74 Å². The zero-order valence-corrected chi connectivity index (χ0v) is 18.2. The monoisotopic (exact) mass is 421 g/mol. The van der Waals surface area contributed by atoms with E-state index >= 15 is 0 Å². The Morgan fingerprint density at radius 2 is 2.00 bits per heavy atom. The molecule has 0 aliphatic carbocycles. The summed E-state index contributed by atoms with van der Waals surface area (Å²) in [6, 6.07) is 14.1. The van der Waals surface area contributed by atoms with Gasteiger partial charge in [-0.15, -0.1) is 0 Å². The lowest BCUT2D eigenvalue weighted by molar-refractivity contribution is -0.116. The Labute approximate surface area is 184 Å². The maximum absolute atomic E-state index is 13.2. The topological polar surface area (TPSA) is 70.7 Å². The molecule has 0 bridgehead atoms. The summed E-state index contributed by atoms with van der Waals surface area (Å²) in [5.41, 5.74) is 4.80. The Bertz CT molecular complexity index is 937. The predicted octanol–water partition coefficient (Wildman–Crippen LogP) is 3.90. The quantitative estimate of drug-likeness (QED) is 0.711. The van der Waals surface area contributed by atoms with Crippen molar-refractivity contribution in [1.29, 1.82) is 0 Å². The Morgan fingerprint density at radius 3 is 2.77 bits per heavy atom. The molecule has 164 valence electrons. The minimum atomic E-state index is -0.129. The summed E-state index contributed by atoms with van der Waals surface area (Å²) in [6.07, 6.45) is 4.29. The third-order valence-electron chi connectivity index (χ3n) is 5.99. The van der Waals surface area contributed by atoms with Crippen LogP contribution in [-0.2, 0) is 22.5 Å². The summed E-state index contributed by atoms with van der Waals surface area (Å²) in [5.74, 6) is -0.163. The number of carbonyl (C=O) groups excluding carboxylic acids is 2. The fourth-order valence-corrected chi connectivity index (χ4v) is 4.33. The van der Waals surface area contributed by atoms with Crippen molar-refractivity contribution in [2.45, 2.75) is 51.7 Å². The summed E-state index contributed by atoms with van der Waals surface area (Å²) in [4.78, 5) is 27.5. The molecule has 2 aliphatic rings. The van der Waals surface area contributed by atoms with Gasteiger partial charge in [-0.3, -0.25) is 9.59 Å². The molecule has 2 aromatic rings. The van der Waals surface area contributed by atoms with E-state index in [9.17, 15) is 9.59 Å². The number of anilines is 2. The van der Waals surface area contributed by atoms with Crippen LogP contribution >= 0.6 is 0 Å². The van der Waals surface area contributed by atoms with Crippen molar-refractivity contribution in [2.75, 3.05) is 29.9 Å². The van der Waals surface area contributed by atoms with Gasteiger partial charge in [-0.1, -0.05) is 31.2 Å². The van der Waals surface area contributed by atoms with Gasteiger partial charge in [-0.05, 0) is 55.0 Å². The lowest BCUT2D eigenvalue weighted by atomic mass is 9.98. The summed E-state index contributed by atoms with van der Waals surface area (Å²) in [7, 11) is 0. The molecule has 6 heteroatoms. The highest BCUT2D eigenvalue weighted by atomic mass is 16.5. The molecule has 0 radical (unpaired) electrons. The number of ether oxygens (including phenoxy) is 1. The summed E-state index contributed by atoms with van der Waals surface area (Å²) >= 11 is 0. The van der Waals surface area contributed by atoms with Crippen molar-refractivity contribution in [2.24, 2.45) is 0 Å². The van der Waals surface area contributed by atoms with Crippen LogP contribution in [0.4, 0.5) is 11.4 Å². The first-order chi connectivity index (χ1) is 15.1. The summed E-state index contributed by atoms with van der Waals surface area (Å²) in [6.45, 7) is 4.86. The molecule has 1 unspecified atom stereocenters. The molecule has 1 fully saturated rings. The highest BCUT2D eigenvalue weighted by Crippen LogP contribution is 2.30. The Hall–Kier alpha value is -2.86. The van der Waals surface area contributed by atoms with Crippen LogP contribution in [0.15, 0.2) is 42.5 Å². The van der Waals surface area contributed by atoms with Gasteiger partial charge in [-0.25, -0.2) is 0 Å². The lowest BCUT2D eigenvalue weighted by Crippen LogP contribution is -2.35. The largest absolute Gasteiger partial charge is 0.376 e. The number of fused-ring (bicyclic) bond motifs is 1. The van der Waals surface area contributed by atoms with Gasteiger partial charge < -0.3 is 20.3 Å². The zero-order valence-electron chi connectivity index (χ0n) is 18.2. The number of carbonyl (C=O) groups is 2. The van der Waals surface area contributed by atoms with Gasteiger partial charge in [0.25, 0.3) is 5.91 Å². The highest BCUT2D eigenvalue weighted by Gasteiger charge is 2.23. The molecule has 0 aromatic heterocycles. The normalized spacial score (nSPS) is 17.8. The summed E-state index contributed by atoms with van der Waals surface area (Å²) in [5, 5.41) is 5.96. The number of nitrogens with one attached hydrogen (secondary N) is 2. The second-order valence-corrected chi connectivity index (χ2v) is 8.32. The number of hydrogen-bond donors (Lipinski definition) is 2. The molecular weight excluding hydrogens is 390 g/mol. The van der Waals surface area contributed by atoms with Crippen LogP contribution in [0.2, 0.25) is 0 Å². The van der Waals surface area contributed by atoms with Gasteiger partial charge in [-0.2, -0.15) is 0 Å². The molecule has 0 spiro atoms. The first-order valence-corrected chi connectivity index (χ1v) is 11.3. The van der Waals surface area contributed by atoms with Crippen LogP contribution in [0.5, 0.6) is 0 Å². The van der Waals surface area contributed by atoms with Gasteiger partial charge >= 0.3 is 0 Å². The number of nitrogens with zero attached hydrogens (tertiary/aromatic N) is 1. The molecule has 4 rings (SSSR count). The van der Waals surface area contributed by atoms with Crippen molar-refractivity contribution in [1.82, 2.24) is 5.32 Å². The molecule has 2 aliphatic heterocycles. The van der Waals surface area contributed by atoms with E-state index in [1.54, 1.807) is 6.07 Å².